The van der Waals surface area contributed by atoms with Crippen LogP contribution in [0.4, 0.5) is 11.4 Å². The van der Waals surface area contributed by atoms with Crippen LogP contribution >= 0.6 is 0 Å². The van der Waals surface area contributed by atoms with Gasteiger partial charge in [-0.05, 0) is 43.4 Å². The van der Waals surface area contributed by atoms with Gasteiger partial charge < -0.3 is 15.7 Å². The number of aryl methyl sites for hydroxylation is 1. The summed E-state index contributed by atoms with van der Waals surface area (Å²) in [6, 6.07) is 6.27. The van der Waals surface area contributed by atoms with E-state index in [0.717, 1.165) is 30.8 Å². The zero-order valence-electron chi connectivity index (χ0n) is 10.3. The minimum atomic E-state index is -0.0900. The summed E-state index contributed by atoms with van der Waals surface area (Å²) in [5.41, 5.74) is 9.15. The highest BCUT2D eigenvalue weighted by molar-refractivity contribution is 5.60. The van der Waals surface area contributed by atoms with Crippen molar-refractivity contribution in [2.45, 2.75) is 25.9 Å². The van der Waals surface area contributed by atoms with Gasteiger partial charge in [-0.3, -0.25) is 0 Å². The Labute approximate surface area is 102 Å². The highest BCUT2D eigenvalue weighted by Gasteiger charge is 2.41. The quantitative estimate of drug-likeness (QED) is 0.726. The number of hydrogen-bond acceptors (Lipinski definition) is 3. The molecule has 0 spiro atoms. The molecule has 1 aromatic carbocycles. The summed E-state index contributed by atoms with van der Waals surface area (Å²) < 4.78 is 0. The number of nitrogens with zero attached hydrogens (tertiary/aromatic N) is 1. The van der Waals surface area contributed by atoms with E-state index in [-0.39, 0.29) is 6.10 Å². The first kappa shape index (κ1) is 10.9. The van der Waals surface area contributed by atoms with Crippen LogP contribution in [0.15, 0.2) is 18.2 Å². The molecule has 2 fully saturated rings. The first-order valence-corrected chi connectivity index (χ1v) is 6.44. The van der Waals surface area contributed by atoms with Gasteiger partial charge in [0, 0.05) is 30.4 Å². The van der Waals surface area contributed by atoms with E-state index in [0.29, 0.717) is 11.8 Å². The zero-order chi connectivity index (χ0) is 12.0. The van der Waals surface area contributed by atoms with Crippen molar-refractivity contribution in [2.24, 2.45) is 11.8 Å². The van der Waals surface area contributed by atoms with Gasteiger partial charge in [-0.15, -0.1) is 0 Å². The van der Waals surface area contributed by atoms with Crippen LogP contribution in [-0.4, -0.2) is 24.3 Å². The summed E-state index contributed by atoms with van der Waals surface area (Å²) >= 11 is 0. The normalized spacial score (nSPS) is 31.9. The number of hydrogen-bond donors (Lipinski definition) is 2. The monoisotopic (exact) mass is 232 g/mol. The lowest BCUT2D eigenvalue weighted by atomic mass is 10.00. The van der Waals surface area contributed by atoms with Crippen molar-refractivity contribution >= 4 is 11.4 Å². The molecule has 1 aromatic rings. The molecule has 1 saturated carbocycles. The van der Waals surface area contributed by atoms with Crippen molar-refractivity contribution in [1.82, 2.24) is 0 Å². The summed E-state index contributed by atoms with van der Waals surface area (Å²) in [6.07, 6.45) is 2.07. The molecule has 0 bridgehead atoms. The number of benzene rings is 1. The van der Waals surface area contributed by atoms with Gasteiger partial charge >= 0.3 is 0 Å². The van der Waals surface area contributed by atoms with Crippen molar-refractivity contribution in [3.8, 4) is 0 Å². The van der Waals surface area contributed by atoms with Crippen molar-refractivity contribution in [3.63, 3.8) is 0 Å². The Morgan fingerprint density at radius 3 is 2.82 bits per heavy atom. The standard InChI is InChI=1S/C14H20N2O/c1-9-2-4-11(6-13(9)15)16-7-10-3-5-14(17)12(10)8-16/h2,4,6,10,12,14,17H,3,5,7-8,15H2,1H3. The number of anilines is 2. The average Bonchev–Trinajstić information content (AvgIpc) is 2.86. The fourth-order valence-electron chi connectivity index (χ4n) is 3.27. The number of rotatable bonds is 1. The molecule has 2 aliphatic rings. The molecule has 92 valence electrons. The Morgan fingerprint density at radius 1 is 1.29 bits per heavy atom. The number of aliphatic hydroxyl groups is 1. The van der Waals surface area contributed by atoms with Gasteiger partial charge in [0.2, 0.25) is 0 Å². The summed E-state index contributed by atoms with van der Waals surface area (Å²) in [7, 11) is 0. The molecule has 1 saturated heterocycles. The maximum absolute atomic E-state index is 9.91. The second-order valence-electron chi connectivity index (χ2n) is 5.51. The van der Waals surface area contributed by atoms with Gasteiger partial charge in [0.1, 0.15) is 0 Å². The largest absolute Gasteiger partial charge is 0.398 e. The second kappa shape index (κ2) is 3.91. The van der Waals surface area contributed by atoms with Crippen LogP contribution in [0.1, 0.15) is 18.4 Å². The van der Waals surface area contributed by atoms with Crippen LogP contribution < -0.4 is 10.6 Å². The van der Waals surface area contributed by atoms with Crippen molar-refractivity contribution < 1.29 is 5.11 Å². The van der Waals surface area contributed by atoms with E-state index < -0.39 is 0 Å². The number of aliphatic hydroxyl groups excluding tert-OH is 1. The van der Waals surface area contributed by atoms with E-state index in [9.17, 15) is 5.11 Å². The molecule has 3 nitrogen and oxygen atoms in total. The Bertz CT molecular complexity index is 432. The highest BCUT2D eigenvalue weighted by Crippen LogP contribution is 2.40. The molecule has 0 aromatic heterocycles. The minimum absolute atomic E-state index is 0.0900. The van der Waals surface area contributed by atoms with Crippen LogP contribution in [0.2, 0.25) is 0 Å². The lowest BCUT2D eigenvalue weighted by Crippen LogP contribution is -2.24. The molecule has 3 rings (SSSR count). The molecule has 3 atom stereocenters. The van der Waals surface area contributed by atoms with E-state index >= 15 is 0 Å². The van der Waals surface area contributed by atoms with Crippen LogP contribution in [-0.2, 0) is 0 Å². The molecule has 17 heavy (non-hydrogen) atoms. The summed E-state index contributed by atoms with van der Waals surface area (Å²) in [5.74, 6) is 1.14. The average molecular weight is 232 g/mol. The van der Waals surface area contributed by atoms with E-state index in [1.54, 1.807) is 0 Å². The SMILES string of the molecule is Cc1ccc(N2CC3CCC(O)C3C2)cc1N. The lowest BCUT2D eigenvalue weighted by molar-refractivity contribution is 0.133. The fraction of sp³-hybridized carbons (Fsp3) is 0.571. The highest BCUT2D eigenvalue weighted by atomic mass is 16.3. The second-order valence-corrected chi connectivity index (χ2v) is 5.51. The lowest BCUT2D eigenvalue weighted by Gasteiger charge is -2.21. The Morgan fingerprint density at radius 2 is 2.12 bits per heavy atom. The van der Waals surface area contributed by atoms with Gasteiger partial charge in [0.05, 0.1) is 6.10 Å². The molecular weight excluding hydrogens is 212 g/mol. The van der Waals surface area contributed by atoms with Crippen molar-refractivity contribution in [1.29, 1.82) is 0 Å². The Kier molecular flexibility index (Phi) is 2.51. The fourth-order valence-corrected chi connectivity index (χ4v) is 3.27. The van der Waals surface area contributed by atoms with Gasteiger partial charge in [-0.2, -0.15) is 0 Å². The van der Waals surface area contributed by atoms with Crippen LogP contribution in [0.3, 0.4) is 0 Å². The van der Waals surface area contributed by atoms with Crippen molar-refractivity contribution in [3.05, 3.63) is 23.8 Å². The number of fused-ring (bicyclic) bond motifs is 1. The first-order chi connectivity index (χ1) is 8.15. The van der Waals surface area contributed by atoms with Gasteiger partial charge in [0.25, 0.3) is 0 Å². The van der Waals surface area contributed by atoms with Crippen molar-refractivity contribution in [2.75, 3.05) is 23.7 Å². The van der Waals surface area contributed by atoms with E-state index in [2.05, 4.69) is 23.1 Å². The third kappa shape index (κ3) is 1.78. The maximum Gasteiger partial charge on any atom is 0.0588 e. The van der Waals surface area contributed by atoms with Gasteiger partial charge in [-0.1, -0.05) is 6.07 Å². The third-order valence-corrected chi connectivity index (χ3v) is 4.45. The summed E-state index contributed by atoms with van der Waals surface area (Å²) in [4.78, 5) is 2.37. The molecular formula is C14H20N2O. The Hall–Kier alpha value is -1.22. The molecule has 3 unspecified atom stereocenters. The maximum atomic E-state index is 9.91. The predicted molar refractivity (Wildman–Crippen MR) is 70.0 cm³/mol. The molecule has 1 heterocycles. The van der Waals surface area contributed by atoms with Crippen LogP contribution in [0.25, 0.3) is 0 Å². The summed E-state index contributed by atoms with van der Waals surface area (Å²) in [5, 5.41) is 9.91. The molecule has 3 N–H and O–H groups in total. The Balaban J connectivity index is 1.80. The number of nitrogen functional groups attached to an aromatic ring is 1. The molecule has 3 heteroatoms. The van der Waals surface area contributed by atoms with E-state index in [1.807, 2.05) is 6.92 Å². The molecule has 0 amide bonds. The predicted octanol–water partition coefficient (Wildman–Crippen LogP) is 1.78. The van der Waals surface area contributed by atoms with Crippen LogP contribution in [0, 0.1) is 18.8 Å². The smallest absolute Gasteiger partial charge is 0.0588 e. The molecule has 1 aliphatic carbocycles. The number of nitrogens with two attached hydrogens (primary N) is 1. The van der Waals surface area contributed by atoms with Gasteiger partial charge in [-0.25, -0.2) is 0 Å². The summed E-state index contributed by atoms with van der Waals surface area (Å²) in [6.45, 7) is 4.08. The van der Waals surface area contributed by atoms with E-state index in [1.165, 1.54) is 12.1 Å². The minimum Gasteiger partial charge on any atom is -0.398 e. The molecule has 0 radical (unpaired) electrons. The first-order valence-electron chi connectivity index (χ1n) is 6.44. The third-order valence-electron chi connectivity index (χ3n) is 4.45. The molecule has 1 aliphatic heterocycles. The van der Waals surface area contributed by atoms with E-state index in [4.69, 9.17) is 5.73 Å². The van der Waals surface area contributed by atoms with Gasteiger partial charge in [0.15, 0.2) is 0 Å². The van der Waals surface area contributed by atoms with Crippen LogP contribution in [0.5, 0.6) is 0 Å². The topological polar surface area (TPSA) is 49.5 Å². The zero-order valence-corrected chi connectivity index (χ0v) is 10.3.